The molecule has 1 heterocycles. The lowest BCUT2D eigenvalue weighted by atomic mass is 10.1. The van der Waals surface area contributed by atoms with E-state index in [1.165, 1.54) is 10.5 Å². The third-order valence-corrected chi connectivity index (χ3v) is 4.89. The molecule has 0 fully saturated rings. The van der Waals surface area contributed by atoms with Gasteiger partial charge in [0.15, 0.2) is 5.11 Å². The summed E-state index contributed by atoms with van der Waals surface area (Å²) in [7, 11) is 5.87. The SMILES string of the molecule is COCCNC(=S)N(CC[NH+](C)C)Cc1cc2cc(C)cc(C)c2[nH]c1=O. The van der Waals surface area contributed by atoms with Crippen LogP contribution in [0.5, 0.6) is 0 Å². The van der Waals surface area contributed by atoms with Crippen molar-refractivity contribution in [3.63, 3.8) is 0 Å². The highest BCUT2D eigenvalue weighted by Gasteiger charge is 2.15. The van der Waals surface area contributed by atoms with Crippen molar-refractivity contribution in [3.8, 4) is 0 Å². The first-order chi connectivity index (χ1) is 12.8. The molecule has 2 rings (SSSR count). The molecule has 1 aromatic carbocycles. The van der Waals surface area contributed by atoms with Crippen molar-refractivity contribution in [2.75, 3.05) is 47.4 Å². The van der Waals surface area contributed by atoms with Crippen LogP contribution in [-0.2, 0) is 11.3 Å². The Kier molecular flexibility index (Phi) is 7.77. The van der Waals surface area contributed by atoms with E-state index in [4.69, 9.17) is 17.0 Å². The van der Waals surface area contributed by atoms with Gasteiger partial charge in [-0.15, -0.1) is 0 Å². The van der Waals surface area contributed by atoms with Crippen molar-refractivity contribution >= 4 is 28.2 Å². The lowest BCUT2D eigenvalue weighted by molar-refractivity contribution is -0.857. The number of hydrogen-bond acceptors (Lipinski definition) is 3. The second-order valence-corrected chi connectivity index (χ2v) is 7.66. The molecule has 0 aliphatic rings. The summed E-state index contributed by atoms with van der Waals surface area (Å²) in [6.45, 7) is 7.49. The van der Waals surface area contributed by atoms with Gasteiger partial charge in [0.1, 0.15) is 0 Å². The summed E-state index contributed by atoms with van der Waals surface area (Å²) in [5, 5.41) is 4.91. The number of aryl methyl sites for hydroxylation is 2. The Balaban J connectivity index is 2.28. The van der Waals surface area contributed by atoms with Crippen molar-refractivity contribution in [2.45, 2.75) is 20.4 Å². The molecule has 0 saturated carbocycles. The van der Waals surface area contributed by atoms with Crippen molar-refractivity contribution < 1.29 is 9.64 Å². The van der Waals surface area contributed by atoms with E-state index in [1.807, 2.05) is 13.0 Å². The van der Waals surface area contributed by atoms with Gasteiger partial charge in [0.2, 0.25) is 0 Å². The van der Waals surface area contributed by atoms with Crippen LogP contribution < -0.4 is 15.8 Å². The van der Waals surface area contributed by atoms with E-state index in [0.717, 1.165) is 35.1 Å². The standard InChI is InChI=1S/C20H30N4O2S/c1-14-10-15(2)18-16(11-14)12-17(19(25)22-18)13-24(8-7-23(3)4)20(27)21-6-9-26-5/h10-12H,6-9,13H2,1-5H3,(H,21,27)(H,22,25)/p+1. The van der Waals surface area contributed by atoms with Crippen LogP contribution in [0, 0.1) is 13.8 Å². The van der Waals surface area contributed by atoms with Crippen LogP contribution in [0.25, 0.3) is 10.9 Å². The molecule has 3 N–H and O–H groups in total. The normalized spacial score (nSPS) is 11.2. The van der Waals surface area contributed by atoms with Crippen LogP contribution >= 0.6 is 12.2 Å². The molecule has 2 aromatic rings. The number of nitrogens with zero attached hydrogens (tertiary/aromatic N) is 1. The number of aromatic amines is 1. The fraction of sp³-hybridized carbons (Fsp3) is 0.500. The summed E-state index contributed by atoms with van der Waals surface area (Å²) in [5.41, 5.74) is 3.83. The number of quaternary nitrogens is 1. The van der Waals surface area contributed by atoms with Crippen molar-refractivity contribution in [1.82, 2.24) is 15.2 Å². The van der Waals surface area contributed by atoms with Crippen LogP contribution in [0.15, 0.2) is 23.0 Å². The number of H-pyrrole nitrogens is 1. The third-order valence-electron chi connectivity index (χ3n) is 4.48. The molecule has 0 radical (unpaired) electrons. The Morgan fingerprint density at radius 2 is 2.04 bits per heavy atom. The van der Waals surface area contributed by atoms with E-state index in [2.05, 4.69) is 48.4 Å². The van der Waals surface area contributed by atoms with Crippen LogP contribution in [0.2, 0.25) is 0 Å². The van der Waals surface area contributed by atoms with E-state index < -0.39 is 0 Å². The lowest BCUT2D eigenvalue weighted by Gasteiger charge is -2.26. The van der Waals surface area contributed by atoms with Crippen molar-refractivity contribution in [2.24, 2.45) is 0 Å². The molecule has 0 amide bonds. The zero-order chi connectivity index (χ0) is 20.0. The van der Waals surface area contributed by atoms with E-state index in [0.29, 0.717) is 24.8 Å². The number of pyridine rings is 1. The summed E-state index contributed by atoms with van der Waals surface area (Å²) in [5.74, 6) is 0. The molecule has 0 spiro atoms. The van der Waals surface area contributed by atoms with Gasteiger partial charge in [-0.2, -0.15) is 0 Å². The first kappa shape index (κ1) is 21.3. The molecule has 1 aromatic heterocycles. The molecule has 0 aliphatic heterocycles. The maximum Gasteiger partial charge on any atom is 0.253 e. The fourth-order valence-electron chi connectivity index (χ4n) is 3.04. The molecule has 0 bridgehead atoms. The number of benzene rings is 1. The number of nitrogens with one attached hydrogen (secondary N) is 3. The zero-order valence-corrected chi connectivity index (χ0v) is 17.8. The van der Waals surface area contributed by atoms with Crippen LogP contribution in [0.3, 0.4) is 0 Å². The van der Waals surface area contributed by atoms with Gasteiger partial charge in [-0.25, -0.2) is 0 Å². The monoisotopic (exact) mass is 391 g/mol. The van der Waals surface area contributed by atoms with Crippen LogP contribution in [0.1, 0.15) is 16.7 Å². The summed E-state index contributed by atoms with van der Waals surface area (Å²) in [6.07, 6.45) is 0. The molecule has 0 atom stereocenters. The van der Waals surface area contributed by atoms with Gasteiger partial charge in [-0.05, 0) is 49.1 Å². The Bertz CT molecular complexity index is 848. The number of hydrogen-bond donors (Lipinski definition) is 3. The largest absolute Gasteiger partial charge is 0.383 e. The maximum atomic E-state index is 12.7. The summed E-state index contributed by atoms with van der Waals surface area (Å²) < 4.78 is 5.08. The van der Waals surface area contributed by atoms with E-state index in [9.17, 15) is 4.79 Å². The van der Waals surface area contributed by atoms with Gasteiger partial charge in [-0.1, -0.05) is 11.6 Å². The number of ether oxygens (including phenoxy) is 1. The van der Waals surface area contributed by atoms with Gasteiger partial charge >= 0.3 is 0 Å². The highest BCUT2D eigenvalue weighted by molar-refractivity contribution is 7.80. The Morgan fingerprint density at radius 1 is 1.30 bits per heavy atom. The minimum absolute atomic E-state index is 0.0589. The quantitative estimate of drug-likeness (QED) is 0.455. The van der Waals surface area contributed by atoms with Gasteiger partial charge in [0.25, 0.3) is 5.56 Å². The van der Waals surface area contributed by atoms with Crippen LogP contribution in [-0.4, -0.2) is 62.4 Å². The molecule has 148 valence electrons. The fourth-order valence-corrected chi connectivity index (χ4v) is 3.30. The lowest BCUT2D eigenvalue weighted by Crippen LogP contribution is -3.06. The first-order valence-corrected chi connectivity index (χ1v) is 9.66. The molecule has 27 heavy (non-hydrogen) atoms. The number of thiocarbonyl (C=S) groups is 1. The first-order valence-electron chi connectivity index (χ1n) is 9.25. The molecule has 7 heteroatoms. The molecule has 6 nitrogen and oxygen atoms in total. The topological polar surface area (TPSA) is 61.8 Å². The molecular weight excluding hydrogens is 360 g/mol. The predicted octanol–water partition coefficient (Wildman–Crippen LogP) is 0.612. The number of rotatable bonds is 8. The average Bonchev–Trinajstić information content (AvgIpc) is 2.59. The summed E-state index contributed by atoms with van der Waals surface area (Å²) in [6, 6.07) is 6.17. The second-order valence-electron chi connectivity index (χ2n) is 7.27. The molecule has 0 saturated heterocycles. The Labute approximate surface area is 166 Å². The maximum absolute atomic E-state index is 12.7. The van der Waals surface area contributed by atoms with Gasteiger partial charge in [0, 0.05) is 19.2 Å². The minimum Gasteiger partial charge on any atom is -0.383 e. The number of aromatic nitrogens is 1. The second kappa shape index (κ2) is 9.82. The number of methoxy groups -OCH3 is 1. The highest BCUT2D eigenvalue weighted by Crippen LogP contribution is 2.18. The smallest absolute Gasteiger partial charge is 0.253 e. The van der Waals surface area contributed by atoms with E-state index >= 15 is 0 Å². The average molecular weight is 392 g/mol. The minimum atomic E-state index is -0.0589. The number of likely N-dealkylation sites (N-methyl/N-ethyl adjacent to an activating group) is 1. The summed E-state index contributed by atoms with van der Waals surface area (Å²) >= 11 is 5.56. The zero-order valence-electron chi connectivity index (χ0n) is 16.9. The Morgan fingerprint density at radius 3 is 2.70 bits per heavy atom. The molecule has 0 aliphatic carbocycles. The number of fused-ring (bicyclic) bond motifs is 1. The molecular formula is C20H31N4O2S+. The van der Waals surface area contributed by atoms with Gasteiger partial charge in [0.05, 0.1) is 45.9 Å². The molecule has 0 unspecified atom stereocenters. The predicted molar refractivity (Wildman–Crippen MR) is 115 cm³/mol. The van der Waals surface area contributed by atoms with E-state index in [-0.39, 0.29) is 5.56 Å². The highest BCUT2D eigenvalue weighted by atomic mass is 32.1. The van der Waals surface area contributed by atoms with Gasteiger partial charge < -0.3 is 24.8 Å². The summed E-state index contributed by atoms with van der Waals surface area (Å²) in [4.78, 5) is 19.1. The Hall–Kier alpha value is -1.96. The van der Waals surface area contributed by atoms with Crippen LogP contribution in [0.4, 0.5) is 0 Å². The third kappa shape index (κ3) is 6.02. The van der Waals surface area contributed by atoms with Gasteiger partial charge in [-0.3, -0.25) is 4.79 Å². The van der Waals surface area contributed by atoms with Crippen molar-refractivity contribution in [1.29, 1.82) is 0 Å². The van der Waals surface area contributed by atoms with Crippen molar-refractivity contribution in [3.05, 3.63) is 45.2 Å². The van der Waals surface area contributed by atoms with E-state index in [1.54, 1.807) is 7.11 Å².